The SMILES string of the molecule is CCOC(=O)/C(Br)=C\c1ccc(F)cc1. The number of carbonyl (C=O) groups is 1. The Kier molecular flexibility index (Phi) is 4.49. The number of esters is 1. The highest BCUT2D eigenvalue weighted by molar-refractivity contribution is 9.12. The van der Waals surface area contributed by atoms with Crippen molar-refractivity contribution < 1.29 is 13.9 Å². The van der Waals surface area contributed by atoms with Crippen LogP contribution in [0, 0.1) is 5.82 Å². The Morgan fingerprint density at radius 1 is 1.47 bits per heavy atom. The molecule has 0 aliphatic rings. The van der Waals surface area contributed by atoms with E-state index in [4.69, 9.17) is 4.74 Å². The molecule has 1 aromatic rings. The van der Waals surface area contributed by atoms with Crippen molar-refractivity contribution >= 4 is 28.0 Å². The van der Waals surface area contributed by atoms with Crippen molar-refractivity contribution in [2.75, 3.05) is 6.61 Å². The van der Waals surface area contributed by atoms with Crippen molar-refractivity contribution in [2.45, 2.75) is 6.92 Å². The van der Waals surface area contributed by atoms with Gasteiger partial charge in [0.1, 0.15) is 10.3 Å². The van der Waals surface area contributed by atoms with Crippen LogP contribution in [0.2, 0.25) is 0 Å². The van der Waals surface area contributed by atoms with Crippen LogP contribution in [0.25, 0.3) is 6.08 Å². The van der Waals surface area contributed by atoms with E-state index < -0.39 is 5.97 Å². The Morgan fingerprint density at radius 2 is 2.07 bits per heavy atom. The number of benzene rings is 1. The van der Waals surface area contributed by atoms with Crippen molar-refractivity contribution in [1.82, 2.24) is 0 Å². The van der Waals surface area contributed by atoms with E-state index in [-0.39, 0.29) is 5.82 Å². The van der Waals surface area contributed by atoms with Gasteiger partial charge in [-0.1, -0.05) is 12.1 Å². The normalized spacial score (nSPS) is 11.3. The maximum Gasteiger partial charge on any atom is 0.345 e. The second-order valence-corrected chi connectivity index (χ2v) is 3.62. The van der Waals surface area contributed by atoms with Gasteiger partial charge in [-0.05, 0) is 46.6 Å². The van der Waals surface area contributed by atoms with Crippen LogP contribution in [0.3, 0.4) is 0 Å². The third kappa shape index (κ3) is 3.83. The lowest BCUT2D eigenvalue weighted by Crippen LogP contribution is -2.02. The summed E-state index contributed by atoms with van der Waals surface area (Å²) in [5, 5.41) is 0. The molecule has 0 unspecified atom stereocenters. The van der Waals surface area contributed by atoms with Gasteiger partial charge in [0.25, 0.3) is 0 Å². The first-order valence-corrected chi connectivity index (χ1v) is 5.22. The Morgan fingerprint density at radius 3 is 2.60 bits per heavy atom. The van der Waals surface area contributed by atoms with Crippen LogP contribution in [-0.2, 0) is 9.53 Å². The van der Waals surface area contributed by atoms with E-state index in [2.05, 4.69) is 15.9 Å². The Labute approximate surface area is 95.9 Å². The van der Waals surface area contributed by atoms with E-state index in [9.17, 15) is 9.18 Å². The first-order chi connectivity index (χ1) is 7.13. The number of rotatable bonds is 3. The molecule has 80 valence electrons. The molecule has 0 amide bonds. The first-order valence-electron chi connectivity index (χ1n) is 4.43. The van der Waals surface area contributed by atoms with Crippen LogP contribution in [0.5, 0.6) is 0 Å². The van der Waals surface area contributed by atoms with Gasteiger partial charge in [0.15, 0.2) is 0 Å². The Balaban J connectivity index is 2.78. The molecule has 0 saturated heterocycles. The average molecular weight is 273 g/mol. The Hall–Kier alpha value is -1.16. The van der Waals surface area contributed by atoms with Crippen LogP contribution in [0.1, 0.15) is 12.5 Å². The minimum Gasteiger partial charge on any atom is -0.462 e. The van der Waals surface area contributed by atoms with Crippen molar-refractivity contribution in [1.29, 1.82) is 0 Å². The molecule has 4 heteroatoms. The molecule has 1 rings (SSSR count). The van der Waals surface area contributed by atoms with E-state index in [0.717, 1.165) is 5.56 Å². The highest BCUT2D eigenvalue weighted by Crippen LogP contribution is 2.14. The molecule has 0 atom stereocenters. The van der Waals surface area contributed by atoms with Crippen molar-refractivity contribution in [3.8, 4) is 0 Å². The molecule has 0 aromatic heterocycles. The predicted molar refractivity (Wildman–Crippen MR) is 59.9 cm³/mol. The lowest BCUT2D eigenvalue weighted by molar-refractivity contribution is -0.137. The maximum atomic E-state index is 12.6. The van der Waals surface area contributed by atoms with Crippen molar-refractivity contribution in [3.63, 3.8) is 0 Å². The van der Waals surface area contributed by atoms with Crippen LogP contribution in [0.15, 0.2) is 28.7 Å². The molecular weight excluding hydrogens is 263 g/mol. The summed E-state index contributed by atoms with van der Waals surface area (Å²) in [6.45, 7) is 2.06. The van der Waals surface area contributed by atoms with Gasteiger partial charge in [-0.3, -0.25) is 0 Å². The average Bonchev–Trinajstić information content (AvgIpc) is 2.22. The fraction of sp³-hybridized carbons (Fsp3) is 0.182. The maximum absolute atomic E-state index is 12.6. The molecule has 0 radical (unpaired) electrons. The summed E-state index contributed by atoms with van der Waals surface area (Å²) in [7, 11) is 0. The van der Waals surface area contributed by atoms with Crippen molar-refractivity contribution in [2.24, 2.45) is 0 Å². The molecular formula is C11H10BrFO2. The standard InChI is InChI=1S/C11H10BrFO2/c1-2-15-11(14)10(12)7-8-3-5-9(13)6-4-8/h3-7H,2H2,1H3/b10-7+. The highest BCUT2D eigenvalue weighted by atomic mass is 79.9. The number of hydrogen-bond acceptors (Lipinski definition) is 2. The number of carbonyl (C=O) groups excluding carboxylic acids is 1. The zero-order valence-electron chi connectivity index (χ0n) is 8.17. The van der Waals surface area contributed by atoms with Gasteiger partial charge >= 0.3 is 5.97 Å². The number of hydrogen-bond donors (Lipinski definition) is 0. The lowest BCUT2D eigenvalue weighted by atomic mass is 10.2. The van der Waals surface area contributed by atoms with Gasteiger partial charge in [0.2, 0.25) is 0 Å². The van der Waals surface area contributed by atoms with Crippen molar-refractivity contribution in [3.05, 3.63) is 40.1 Å². The summed E-state index contributed by atoms with van der Waals surface area (Å²) in [6.07, 6.45) is 1.58. The molecule has 0 spiro atoms. The van der Waals surface area contributed by atoms with E-state index in [1.165, 1.54) is 12.1 Å². The zero-order chi connectivity index (χ0) is 11.3. The summed E-state index contributed by atoms with van der Waals surface area (Å²) in [5.41, 5.74) is 0.733. The minimum atomic E-state index is -0.429. The molecule has 0 heterocycles. The summed E-state index contributed by atoms with van der Waals surface area (Å²) in [6, 6.07) is 5.82. The second-order valence-electron chi connectivity index (χ2n) is 2.76. The fourth-order valence-corrected chi connectivity index (χ4v) is 1.34. The monoisotopic (exact) mass is 272 g/mol. The van der Waals surface area contributed by atoms with Gasteiger partial charge in [0, 0.05) is 0 Å². The van der Waals surface area contributed by atoms with E-state index in [0.29, 0.717) is 11.1 Å². The molecule has 15 heavy (non-hydrogen) atoms. The first kappa shape index (κ1) is 11.9. The van der Waals surface area contributed by atoms with Crippen LogP contribution < -0.4 is 0 Å². The predicted octanol–water partition coefficient (Wildman–Crippen LogP) is 3.12. The van der Waals surface area contributed by atoms with Gasteiger partial charge < -0.3 is 4.74 Å². The van der Waals surface area contributed by atoms with Gasteiger partial charge in [0.05, 0.1) is 6.61 Å². The minimum absolute atomic E-state index is 0.306. The summed E-state index contributed by atoms with van der Waals surface area (Å²) < 4.78 is 17.7. The summed E-state index contributed by atoms with van der Waals surface area (Å²) in [4.78, 5) is 11.2. The molecule has 0 aliphatic carbocycles. The van der Waals surface area contributed by atoms with Crippen LogP contribution >= 0.6 is 15.9 Å². The summed E-state index contributed by atoms with van der Waals surface area (Å²) in [5.74, 6) is -0.735. The van der Waals surface area contributed by atoms with Crippen LogP contribution in [0.4, 0.5) is 4.39 Å². The molecule has 0 bridgehead atoms. The van der Waals surface area contributed by atoms with E-state index in [1.54, 1.807) is 25.1 Å². The lowest BCUT2D eigenvalue weighted by Gasteiger charge is -2.00. The van der Waals surface area contributed by atoms with Gasteiger partial charge in [-0.25, -0.2) is 9.18 Å². The third-order valence-electron chi connectivity index (χ3n) is 1.63. The quantitative estimate of drug-likeness (QED) is 0.624. The van der Waals surface area contributed by atoms with Crippen LogP contribution in [-0.4, -0.2) is 12.6 Å². The third-order valence-corrected chi connectivity index (χ3v) is 2.19. The Bertz CT molecular complexity index is 371. The molecule has 1 aromatic carbocycles. The zero-order valence-corrected chi connectivity index (χ0v) is 9.75. The highest BCUT2D eigenvalue weighted by Gasteiger charge is 2.05. The van der Waals surface area contributed by atoms with Gasteiger partial charge in [-0.2, -0.15) is 0 Å². The molecule has 0 saturated carbocycles. The summed E-state index contributed by atoms with van der Waals surface area (Å²) >= 11 is 3.09. The fourth-order valence-electron chi connectivity index (χ4n) is 0.964. The molecule has 0 N–H and O–H groups in total. The largest absolute Gasteiger partial charge is 0.462 e. The number of ether oxygens (including phenoxy) is 1. The topological polar surface area (TPSA) is 26.3 Å². The van der Waals surface area contributed by atoms with E-state index in [1.807, 2.05) is 0 Å². The smallest absolute Gasteiger partial charge is 0.345 e. The molecule has 2 nitrogen and oxygen atoms in total. The molecule has 0 aliphatic heterocycles. The van der Waals surface area contributed by atoms with E-state index >= 15 is 0 Å². The second kappa shape index (κ2) is 5.66. The number of halogens is 2. The molecule has 0 fully saturated rings. The van der Waals surface area contributed by atoms with Gasteiger partial charge in [-0.15, -0.1) is 0 Å².